The van der Waals surface area contributed by atoms with Crippen LogP contribution in [0.1, 0.15) is 10.4 Å². The first-order valence-corrected chi connectivity index (χ1v) is 8.57. The van der Waals surface area contributed by atoms with Crippen molar-refractivity contribution in [1.82, 2.24) is 14.8 Å². The minimum Gasteiger partial charge on any atom is -0.478 e. The zero-order valence-electron chi connectivity index (χ0n) is 11.1. The first kappa shape index (κ1) is 15.5. The van der Waals surface area contributed by atoms with Crippen LogP contribution in [0.25, 0.3) is 0 Å². The second kappa shape index (κ2) is 6.27. The maximum Gasteiger partial charge on any atom is 0.335 e. The molecule has 7 nitrogen and oxygen atoms in total. The van der Waals surface area contributed by atoms with E-state index in [1.807, 2.05) is 0 Å². The second-order valence-electron chi connectivity index (χ2n) is 4.22. The van der Waals surface area contributed by atoms with Crippen LogP contribution in [-0.4, -0.2) is 45.8 Å². The molecule has 0 fully saturated rings. The smallest absolute Gasteiger partial charge is 0.335 e. The third-order valence-electron chi connectivity index (χ3n) is 2.69. The lowest BCUT2D eigenvalue weighted by atomic mass is 10.2. The minimum atomic E-state index is -3.52. The van der Waals surface area contributed by atoms with Gasteiger partial charge >= 0.3 is 5.97 Å². The van der Waals surface area contributed by atoms with Gasteiger partial charge in [-0.15, -0.1) is 10.2 Å². The van der Waals surface area contributed by atoms with E-state index in [0.717, 1.165) is 0 Å². The Hall–Kier alpha value is -1.87. The number of aromatic carboxylic acids is 1. The maximum atomic E-state index is 12.2. The molecular weight excluding hydrogens is 314 g/mol. The monoisotopic (exact) mass is 327 g/mol. The van der Waals surface area contributed by atoms with Crippen molar-refractivity contribution in [2.24, 2.45) is 7.05 Å². The highest BCUT2D eigenvalue weighted by Gasteiger charge is 2.17. The van der Waals surface area contributed by atoms with Crippen molar-refractivity contribution in [3.8, 4) is 0 Å². The predicted molar refractivity (Wildman–Crippen MR) is 77.2 cm³/mol. The lowest BCUT2D eigenvalue weighted by Gasteiger charge is -2.05. The summed E-state index contributed by atoms with van der Waals surface area (Å²) in [7, 11) is -1.75. The molecule has 2 rings (SSSR count). The molecule has 2 aromatic rings. The largest absolute Gasteiger partial charge is 0.478 e. The van der Waals surface area contributed by atoms with Crippen molar-refractivity contribution in [3.05, 3.63) is 36.2 Å². The number of benzene rings is 1. The number of aromatic nitrogens is 3. The number of aryl methyl sites for hydroxylation is 1. The lowest BCUT2D eigenvalue weighted by molar-refractivity contribution is 0.0696. The second-order valence-corrected chi connectivity index (χ2v) is 7.40. The van der Waals surface area contributed by atoms with E-state index in [2.05, 4.69) is 10.2 Å². The van der Waals surface area contributed by atoms with Gasteiger partial charge in [0, 0.05) is 12.8 Å². The first-order valence-electron chi connectivity index (χ1n) is 5.93. The summed E-state index contributed by atoms with van der Waals surface area (Å²) in [5.41, 5.74) is -0.0444. The van der Waals surface area contributed by atoms with Gasteiger partial charge < -0.3 is 9.67 Å². The number of rotatable bonds is 6. The Labute approximate surface area is 125 Å². The fourth-order valence-corrected chi connectivity index (χ4v) is 4.16. The molecule has 0 unspecified atom stereocenters. The summed E-state index contributed by atoms with van der Waals surface area (Å²) in [6.45, 7) is 0. The number of hydrogen-bond acceptors (Lipinski definition) is 6. The van der Waals surface area contributed by atoms with Gasteiger partial charge in [-0.25, -0.2) is 13.2 Å². The summed E-state index contributed by atoms with van der Waals surface area (Å²) >= 11 is 1.28. The van der Waals surface area contributed by atoms with Gasteiger partial charge in [0.1, 0.15) is 6.33 Å². The molecule has 0 spiro atoms. The van der Waals surface area contributed by atoms with Crippen LogP contribution in [0.3, 0.4) is 0 Å². The summed E-state index contributed by atoms with van der Waals surface area (Å²) in [6, 6.07) is 5.35. The van der Waals surface area contributed by atoms with E-state index in [4.69, 9.17) is 5.11 Å². The summed E-state index contributed by atoms with van der Waals surface area (Å²) < 4.78 is 26.0. The van der Waals surface area contributed by atoms with E-state index in [1.165, 1.54) is 42.4 Å². The molecule has 0 saturated carbocycles. The molecule has 0 aliphatic rings. The van der Waals surface area contributed by atoms with Gasteiger partial charge in [-0.1, -0.05) is 17.8 Å². The third kappa shape index (κ3) is 3.82. The van der Waals surface area contributed by atoms with Crippen molar-refractivity contribution in [2.75, 3.05) is 11.5 Å². The number of thioether (sulfide) groups is 1. The van der Waals surface area contributed by atoms with E-state index in [1.54, 1.807) is 11.6 Å². The SMILES string of the molecule is Cn1cnnc1SCCS(=O)(=O)c1cccc(C(=O)O)c1. The minimum absolute atomic E-state index is 0.0148. The van der Waals surface area contributed by atoms with Gasteiger partial charge in [-0.2, -0.15) is 0 Å². The van der Waals surface area contributed by atoms with Gasteiger partial charge in [0.25, 0.3) is 0 Å². The standard InChI is InChI=1S/C12H13N3O4S2/c1-15-8-13-14-12(15)20-5-6-21(18,19)10-4-2-3-9(7-10)11(16)17/h2-4,7-8H,5-6H2,1H3,(H,16,17). The fourth-order valence-electron chi connectivity index (χ4n) is 1.59. The average molecular weight is 327 g/mol. The molecule has 0 amide bonds. The van der Waals surface area contributed by atoms with Crippen LogP contribution in [0.4, 0.5) is 0 Å². The molecule has 112 valence electrons. The Morgan fingerprint density at radius 1 is 1.43 bits per heavy atom. The molecule has 0 atom stereocenters. The molecule has 1 N–H and O–H groups in total. The number of carboxylic acids is 1. The van der Waals surface area contributed by atoms with Crippen LogP contribution in [0.2, 0.25) is 0 Å². The number of nitrogens with zero attached hydrogens (tertiary/aromatic N) is 3. The summed E-state index contributed by atoms with van der Waals surface area (Å²) in [4.78, 5) is 10.9. The maximum absolute atomic E-state index is 12.2. The van der Waals surface area contributed by atoms with Crippen molar-refractivity contribution in [1.29, 1.82) is 0 Å². The fraction of sp³-hybridized carbons (Fsp3) is 0.250. The lowest BCUT2D eigenvalue weighted by Crippen LogP contribution is -2.10. The summed E-state index contributed by atoms with van der Waals surface area (Å²) in [5, 5.41) is 17.1. The molecule has 1 aromatic heterocycles. The molecule has 0 radical (unpaired) electrons. The molecule has 0 aliphatic heterocycles. The van der Waals surface area contributed by atoms with Crippen molar-refractivity contribution < 1.29 is 18.3 Å². The highest BCUT2D eigenvalue weighted by molar-refractivity contribution is 8.00. The van der Waals surface area contributed by atoms with Gasteiger partial charge in [0.15, 0.2) is 15.0 Å². The van der Waals surface area contributed by atoms with Crippen LogP contribution >= 0.6 is 11.8 Å². The number of sulfone groups is 1. The Bertz CT molecular complexity index is 755. The normalized spacial score (nSPS) is 11.5. The Kier molecular flexibility index (Phi) is 4.63. The van der Waals surface area contributed by atoms with Gasteiger partial charge in [-0.05, 0) is 18.2 Å². The third-order valence-corrected chi connectivity index (χ3v) is 5.70. The van der Waals surface area contributed by atoms with Gasteiger partial charge in [-0.3, -0.25) is 0 Å². The zero-order valence-corrected chi connectivity index (χ0v) is 12.8. The summed E-state index contributed by atoms with van der Waals surface area (Å²) in [6.07, 6.45) is 1.53. The molecule has 9 heteroatoms. The van der Waals surface area contributed by atoms with E-state index < -0.39 is 15.8 Å². The van der Waals surface area contributed by atoms with E-state index in [0.29, 0.717) is 10.9 Å². The molecule has 1 aromatic carbocycles. The summed E-state index contributed by atoms with van der Waals surface area (Å²) in [5.74, 6) is -0.944. The van der Waals surface area contributed by atoms with Crippen LogP contribution in [0.5, 0.6) is 0 Å². The van der Waals surface area contributed by atoms with Crippen LogP contribution < -0.4 is 0 Å². The zero-order chi connectivity index (χ0) is 15.5. The highest BCUT2D eigenvalue weighted by atomic mass is 32.2. The average Bonchev–Trinajstić information content (AvgIpc) is 2.84. The Balaban J connectivity index is 2.06. The molecular formula is C12H13N3O4S2. The van der Waals surface area contributed by atoms with Crippen molar-refractivity contribution in [2.45, 2.75) is 10.1 Å². The predicted octanol–water partition coefficient (Wildman–Crippen LogP) is 1.08. The molecule has 1 heterocycles. The molecule has 0 bridgehead atoms. The molecule has 21 heavy (non-hydrogen) atoms. The Morgan fingerprint density at radius 2 is 2.19 bits per heavy atom. The van der Waals surface area contributed by atoms with Crippen LogP contribution in [-0.2, 0) is 16.9 Å². The van der Waals surface area contributed by atoms with Crippen molar-refractivity contribution >= 4 is 27.6 Å². The first-order chi connectivity index (χ1) is 9.90. The Morgan fingerprint density at radius 3 is 2.81 bits per heavy atom. The van der Waals surface area contributed by atoms with E-state index >= 15 is 0 Å². The van der Waals surface area contributed by atoms with Crippen LogP contribution in [0, 0.1) is 0 Å². The quantitative estimate of drug-likeness (QED) is 0.792. The molecule has 0 aliphatic carbocycles. The number of carboxylic acid groups (broad SMARTS) is 1. The van der Waals surface area contributed by atoms with Crippen LogP contribution in [0.15, 0.2) is 40.6 Å². The number of carbonyl (C=O) groups is 1. The van der Waals surface area contributed by atoms with Gasteiger partial charge in [0.05, 0.1) is 16.2 Å². The van der Waals surface area contributed by atoms with Gasteiger partial charge in [0.2, 0.25) is 0 Å². The van der Waals surface area contributed by atoms with Crippen molar-refractivity contribution in [3.63, 3.8) is 0 Å². The van der Waals surface area contributed by atoms with E-state index in [-0.39, 0.29) is 16.2 Å². The van der Waals surface area contributed by atoms with E-state index in [9.17, 15) is 13.2 Å². The highest BCUT2D eigenvalue weighted by Crippen LogP contribution is 2.18. The number of hydrogen-bond donors (Lipinski definition) is 1. The molecule has 0 saturated heterocycles. The topological polar surface area (TPSA) is 102 Å².